The highest BCUT2D eigenvalue weighted by molar-refractivity contribution is 8.00. The maximum absolute atomic E-state index is 11.6. The lowest BCUT2D eigenvalue weighted by Crippen LogP contribution is -2.25. The zero-order valence-corrected chi connectivity index (χ0v) is 13.4. The van der Waals surface area contributed by atoms with E-state index < -0.39 is 5.97 Å². The van der Waals surface area contributed by atoms with Gasteiger partial charge >= 0.3 is 11.9 Å². The first-order chi connectivity index (χ1) is 10.6. The fourth-order valence-electron chi connectivity index (χ4n) is 1.56. The van der Waals surface area contributed by atoms with E-state index in [0.717, 1.165) is 5.56 Å². The van der Waals surface area contributed by atoms with Crippen LogP contribution in [0.15, 0.2) is 24.3 Å². The average molecular weight is 325 g/mol. The molecule has 120 valence electrons. The van der Waals surface area contributed by atoms with Gasteiger partial charge in [0.2, 0.25) is 5.91 Å². The summed E-state index contributed by atoms with van der Waals surface area (Å²) < 4.78 is 9.37. The highest BCUT2D eigenvalue weighted by Gasteiger charge is 2.07. The Bertz CT molecular complexity index is 515. The maximum Gasteiger partial charge on any atom is 0.337 e. The molecule has 0 unspecified atom stereocenters. The molecule has 0 aromatic heterocycles. The smallest absolute Gasteiger partial charge is 0.337 e. The van der Waals surface area contributed by atoms with Gasteiger partial charge in [-0.15, -0.1) is 11.8 Å². The molecule has 0 bridgehead atoms. The standard InChI is InChI=1S/C15H19NO5S/c1-3-21-14(18)10-22-9-13(17)16-8-11-4-6-12(7-5-11)15(19)20-2/h4-7H,3,8-10H2,1-2H3,(H,16,17). The number of hydrogen-bond donors (Lipinski definition) is 1. The van der Waals surface area contributed by atoms with Crippen LogP contribution in [0.25, 0.3) is 0 Å². The van der Waals surface area contributed by atoms with E-state index in [0.29, 0.717) is 18.7 Å². The summed E-state index contributed by atoms with van der Waals surface area (Å²) in [6.07, 6.45) is 0. The largest absolute Gasteiger partial charge is 0.465 e. The van der Waals surface area contributed by atoms with Crippen LogP contribution in [0.5, 0.6) is 0 Å². The molecule has 1 aromatic rings. The molecule has 0 radical (unpaired) electrons. The van der Waals surface area contributed by atoms with Crippen LogP contribution >= 0.6 is 11.8 Å². The minimum absolute atomic E-state index is 0.161. The Morgan fingerprint density at radius 1 is 1.14 bits per heavy atom. The summed E-state index contributed by atoms with van der Waals surface area (Å²) in [6, 6.07) is 6.78. The molecule has 0 fully saturated rings. The lowest BCUT2D eigenvalue weighted by molar-refractivity contribution is -0.139. The van der Waals surface area contributed by atoms with Crippen LogP contribution in [0.1, 0.15) is 22.8 Å². The molecule has 1 N–H and O–H groups in total. The summed E-state index contributed by atoms with van der Waals surface area (Å²) in [7, 11) is 1.32. The minimum Gasteiger partial charge on any atom is -0.465 e. The van der Waals surface area contributed by atoms with E-state index >= 15 is 0 Å². The van der Waals surface area contributed by atoms with Crippen molar-refractivity contribution in [2.75, 3.05) is 25.2 Å². The van der Waals surface area contributed by atoms with Gasteiger partial charge in [-0.2, -0.15) is 0 Å². The molecule has 0 saturated heterocycles. The fourth-order valence-corrected chi connectivity index (χ4v) is 2.20. The first-order valence-corrected chi connectivity index (χ1v) is 7.89. The number of esters is 2. The molecule has 0 heterocycles. The van der Waals surface area contributed by atoms with E-state index in [1.54, 1.807) is 31.2 Å². The fraction of sp³-hybridized carbons (Fsp3) is 0.400. The number of benzene rings is 1. The molecule has 0 atom stereocenters. The summed E-state index contributed by atoms with van der Waals surface area (Å²) in [4.78, 5) is 34.0. The van der Waals surface area contributed by atoms with Gasteiger partial charge in [-0.1, -0.05) is 12.1 Å². The molecule has 0 spiro atoms. The van der Waals surface area contributed by atoms with Gasteiger partial charge in [0.15, 0.2) is 0 Å². The highest BCUT2D eigenvalue weighted by Crippen LogP contribution is 2.06. The first-order valence-electron chi connectivity index (χ1n) is 6.74. The number of hydrogen-bond acceptors (Lipinski definition) is 6. The SMILES string of the molecule is CCOC(=O)CSCC(=O)NCc1ccc(C(=O)OC)cc1. The monoisotopic (exact) mass is 325 g/mol. The van der Waals surface area contributed by atoms with Crippen molar-refractivity contribution in [1.29, 1.82) is 0 Å². The topological polar surface area (TPSA) is 81.7 Å². The van der Waals surface area contributed by atoms with Crippen molar-refractivity contribution >= 4 is 29.6 Å². The van der Waals surface area contributed by atoms with E-state index in [2.05, 4.69) is 10.1 Å². The Morgan fingerprint density at radius 2 is 1.82 bits per heavy atom. The Kier molecular flexibility index (Phi) is 8.06. The van der Waals surface area contributed by atoms with Gasteiger partial charge in [-0.05, 0) is 24.6 Å². The number of carbonyl (C=O) groups excluding carboxylic acids is 3. The maximum atomic E-state index is 11.6. The number of amides is 1. The summed E-state index contributed by atoms with van der Waals surface area (Å²) in [6.45, 7) is 2.44. The number of nitrogens with one attached hydrogen (secondary N) is 1. The Hall–Kier alpha value is -2.02. The highest BCUT2D eigenvalue weighted by atomic mass is 32.2. The lowest BCUT2D eigenvalue weighted by Gasteiger charge is -2.06. The molecule has 0 aliphatic carbocycles. The molecule has 1 aromatic carbocycles. The van der Waals surface area contributed by atoms with Gasteiger partial charge in [-0.25, -0.2) is 4.79 Å². The van der Waals surface area contributed by atoms with E-state index in [4.69, 9.17) is 4.74 Å². The van der Waals surface area contributed by atoms with Crippen molar-refractivity contribution in [3.05, 3.63) is 35.4 Å². The van der Waals surface area contributed by atoms with E-state index in [9.17, 15) is 14.4 Å². The van der Waals surface area contributed by atoms with Gasteiger partial charge in [-0.3, -0.25) is 9.59 Å². The predicted molar refractivity (Wildman–Crippen MR) is 83.6 cm³/mol. The van der Waals surface area contributed by atoms with Gasteiger partial charge in [0, 0.05) is 6.54 Å². The third-order valence-corrected chi connectivity index (χ3v) is 3.53. The van der Waals surface area contributed by atoms with Crippen LogP contribution in [0, 0.1) is 0 Å². The summed E-state index contributed by atoms with van der Waals surface area (Å²) in [5, 5.41) is 2.74. The third kappa shape index (κ3) is 6.62. The number of ether oxygens (including phenoxy) is 2. The van der Waals surface area contributed by atoms with Crippen LogP contribution in [-0.4, -0.2) is 43.1 Å². The second-order valence-corrected chi connectivity index (χ2v) is 5.25. The molecule has 7 heteroatoms. The molecule has 6 nitrogen and oxygen atoms in total. The van der Waals surface area contributed by atoms with Crippen molar-refractivity contribution in [3.8, 4) is 0 Å². The number of methoxy groups -OCH3 is 1. The van der Waals surface area contributed by atoms with Crippen LogP contribution < -0.4 is 5.32 Å². The van der Waals surface area contributed by atoms with Crippen molar-refractivity contribution in [2.45, 2.75) is 13.5 Å². The van der Waals surface area contributed by atoms with Crippen molar-refractivity contribution in [3.63, 3.8) is 0 Å². The molecule has 0 saturated carbocycles. The summed E-state index contributed by atoms with van der Waals surface area (Å²) in [5.74, 6) is -0.523. The first kappa shape index (κ1) is 18.0. The van der Waals surface area contributed by atoms with Gasteiger partial charge in [0.25, 0.3) is 0 Å². The van der Waals surface area contributed by atoms with Crippen molar-refractivity contribution in [2.24, 2.45) is 0 Å². The van der Waals surface area contributed by atoms with E-state index in [1.807, 2.05) is 0 Å². The van der Waals surface area contributed by atoms with E-state index in [1.165, 1.54) is 18.9 Å². The van der Waals surface area contributed by atoms with E-state index in [-0.39, 0.29) is 23.4 Å². The minimum atomic E-state index is -0.397. The molecule has 22 heavy (non-hydrogen) atoms. The number of carbonyl (C=O) groups is 3. The zero-order chi connectivity index (χ0) is 16.4. The average Bonchev–Trinajstić information content (AvgIpc) is 2.53. The van der Waals surface area contributed by atoms with Crippen molar-refractivity contribution in [1.82, 2.24) is 5.32 Å². The number of rotatable bonds is 8. The van der Waals surface area contributed by atoms with Gasteiger partial charge in [0.1, 0.15) is 0 Å². The lowest BCUT2D eigenvalue weighted by atomic mass is 10.1. The normalized spacial score (nSPS) is 9.91. The molecule has 0 aliphatic heterocycles. The molecule has 1 rings (SSSR count). The van der Waals surface area contributed by atoms with Gasteiger partial charge in [0.05, 0.1) is 30.8 Å². The summed E-state index contributed by atoms with van der Waals surface area (Å²) >= 11 is 1.21. The Morgan fingerprint density at radius 3 is 2.41 bits per heavy atom. The predicted octanol–water partition coefficient (Wildman–Crippen LogP) is 1.39. The number of thioether (sulfide) groups is 1. The van der Waals surface area contributed by atoms with Crippen LogP contribution in [0.3, 0.4) is 0 Å². The van der Waals surface area contributed by atoms with Crippen LogP contribution in [0.2, 0.25) is 0 Å². The third-order valence-electron chi connectivity index (χ3n) is 2.62. The molecular formula is C15H19NO5S. The van der Waals surface area contributed by atoms with Crippen LogP contribution in [0.4, 0.5) is 0 Å². The Labute approximate surface area is 133 Å². The zero-order valence-electron chi connectivity index (χ0n) is 12.6. The molecule has 0 aliphatic rings. The van der Waals surface area contributed by atoms with Gasteiger partial charge < -0.3 is 14.8 Å². The second-order valence-electron chi connectivity index (χ2n) is 4.26. The molecular weight excluding hydrogens is 306 g/mol. The quantitative estimate of drug-likeness (QED) is 0.727. The van der Waals surface area contributed by atoms with Crippen LogP contribution in [-0.2, 0) is 25.6 Å². The Balaban J connectivity index is 2.29. The summed E-state index contributed by atoms with van der Waals surface area (Å²) in [5.41, 5.74) is 1.33. The van der Waals surface area contributed by atoms with Crippen molar-refractivity contribution < 1.29 is 23.9 Å². The second kappa shape index (κ2) is 9.83. The molecule has 1 amide bonds.